The van der Waals surface area contributed by atoms with Gasteiger partial charge in [-0.25, -0.2) is 0 Å². The van der Waals surface area contributed by atoms with E-state index in [0.29, 0.717) is 0 Å². The lowest BCUT2D eigenvalue weighted by Gasteiger charge is -2.11. The molecule has 20 heavy (non-hydrogen) atoms. The molecule has 2 heteroatoms. The van der Waals surface area contributed by atoms with Crippen LogP contribution in [0.1, 0.15) is 38.2 Å². The van der Waals surface area contributed by atoms with Crippen LogP contribution in [0, 0.1) is 0 Å². The Labute approximate surface area is 123 Å². The second-order valence-corrected chi connectivity index (χ2v) is 4.90. The summed E-state index contributed by atoms with van der Waals surface area (Å²) in [6, 6.07) is 8.21. The number of rotatable bonds is 10. The topological polar surface area (TPSA) is 21.3 Å². The molecule has 0 aliphatic rings. The summed E-state index contributed by atoms with van der Waals surface area (Å²) in [6.45, 7) is 7.59. The molecule has 0 aromatic heterocycles. The first-order chi connectivity index (χ1) is 9.81. The molecule has 0 aliphatic carbocycles. The minimum atomic E-state index is 0.763. The van der Waals surface area contributed by atoms with Crippen LogP contribution in [0.3, 0.4) is 0 Å². The highest BCUT2D eigenvalue weighted by molar-refractivity contribution is 5.33. The van der Waals surface area contributed by atoms with Gasteiger partial charge in [-0.3, -0.25) is 0 Å². The summed E-state index contributed by atoms with van der Waals surface area (Å²) in [6.07, 6.45) is 8.50. The number of allylic oxidation sites excluding steroid dienone is 3. The molecule has 0 unspecified atom stereocenters. The molecule has 0 amide bonds. The van der Waals surface area contributed by atoms with Gasteiger partial charge < -0.3 is 10.1 Å². The summed E-state index contributed by atoms with van der Waals surface area (Å²) < 4.78 is 5.90. The molecule has 0 aliphatic heterocycles. The van der Waals surface area contributed by atoms with Gasteiger partial charge in [0.15, 0.2) is 0 Å². The van der Waals surface area contributed by atoms with Crippen LogP contribution in [-0.4, -0.2) is 13.7 Å². The second-order valence-electron chi connectivity index (χ2n) is 4.90. The van der Waals surface area contributed by atoms with Gasteiger partial charge >= 0.3 is 0 Å². The van der Waals surface area contributed by atoms with Crippen molar-refractivity contribution in [3.8, 4) is 5.75 Å². The number of benzene rings is 1. The molecular weight excluding hydrogens is 246 g/mol. The first-order valence-corrected chi connectivity index (χ1v) is 7.47. The van der Waals surface area contributed by atoms with Crippen molar-refractivity contribution < 1.29 is 4.74 Å². The Balaban J connectivity index is 2.40. The van der Waals surface area contributed by atoms with E-state index in [4.69, 9.17) is 4.74 Å². The van der Waals surface area contributed by atoms with Gasteiger partial charge in [0, 0.05) is 12.1 Å². The van der Waals surface area contributed by atoms with Crippen molar-refractivity contribution in [2.24, 2.45) is 0 Å². The standard InChI is InChI=1S/C18H27NO/c1-4-9-16(10-5-2)11-8-14-20-18-13-7-6-12-17(18)15-19-3/h4,6-7,9,12-13,19H,1,5,8,10-11,14-15H2,2-3H3/b16-9+. The van der Waals surface area contributed by atoms with E-state index >= 15 is 0 Å². The Kier molecular flexibility index (Phi) is 8.48. The number of hydrogen-bond acceptors (Lipinski definition) is 2. The largest absolute Gasteiger partial charge is 0.493 e. The Morgan fingerprint density at radius 1 is 1.30 bits per heavy atom. The maximum absolute atomic E-state index is 5.90. The van der Waals surface area contributed by atoms with Gasteiger partial charge in [0.05, 0.1) is 6.61 Å². The molecule has 110 valence electrons. The lowest BCUT2D eigenvalue weighted by Crippen LogP contribution is -2.08. The van der Waals surface area contributed by atoms with Crippen molar-refractivity contribution >= 4 is 0 Å². The van der Waals surface area contributed by atoms with E-state index < -0.39 is 0 Å². The quantitative estimate of drug-likeness (QED) is 0.501. The lowest BCUT2D eigenvalue weighted by molar-refractivity contribution is 0.306. The molecular formula is C18H27NO. The number of hydrogen-bond donors (Lipinski definition) is 1. The van der Waals surface area contributed by atoms with E-state index in [1.165, 1.54) is 17.6 Å². The molecule has 0 saturated carbocycles. The van der Waals surface area contributed by atoms with Gasteiger partial charge in [-0.2, -0.15) is 0 Å². The zero-order valence-electron chi connectivity index (χ0n) is 12.8. The third-order valence-corrected chi connectivity index (χ3v) is 3.16. The van der Waals surface area contributed by atoms with Crippen LogP contribution in [0.5, 0.6) is 5.75 Å². The van der Waals surface area contributed by atoms with Crippen LogP contribution in [0.2, 0.25) is 0 Å². The zero-order chi connectivity index (χ0) is 14.6. The summed E-state index contributed by atoms with van der Waals surface area (Å²) in [5.74, 6) is 0.992. The minimum Gasteiger partial charge on any atom is -0.493 e. The predicted octanol–water partition coefficient (Wildman–Crippen LogP) is 4.48. The monoisotopic (exact) mass is 273 g/mol. The highest BCUT2D eigenvalue weighted by Crippen LogP contribution is 2.19. The molecule has 0 bridgehead atoms. The number of para-hydroxylation sites is 1. The van der Waals surface area contributed by atoms with Gasteiger partial charge in [0.1, 0.15) is 5.75 Å². The normalized spacial score (nSPS) is 11.4. The van der Waals surface area contributed by atoms with E-state index in [-0.39, 0.29) is 0 Å². The Bertz CT molecular complexity index is 423. The maximum Gasteiger partial charge on any atom is 0.123 e. The summed E-state index contributed by atoms with van der Waals surface area (Å²) in [5, 5.41) is 3.17. The first kappa shape index (κ1) is 16.5. The van der Waals surface area contributed by atoms with Crippen LogP contribution >= 0.6 is 0 Å². The fraction of sp³-hybridized carbons (Fsp3) is 0.444. The second kappa shape index (κ2) is 10.3. The fourth-order valence-electron chi connectivity index (χ4n) is 2.24. The molecule has 0 fully saturated rings. The van der Waals surface area contributed by atoms with Crippen LogP contribution in [0.15, 0.2) is 48.6 Å². The molecule has 0 spiro atoms. The van der Waals surface area contributed by atoms with Crippen molar-refractivity contribution in [1.82, 2.24) is 5.32 Å². The van der Waals surface area contributed by atoms with Gasteiger partial charge in [-0.1, -0.05) is 55.8 Å². The predicted molar refractivity (Wildman–Crippen MR) is 87.1 cm³/mol. The van der Waals surface area contributed by atoms with E-state index in [1.54, 1.807) is 0 Å². The van der Waals surface area contributed by atoms with Crippen molar-refractivity contribution in [2.75, 3.05) is 13.7 Å². The summed E-state index contributed by atoms with van der Waals surface area (Å²) in [4.78, 5) is 0. The number of nitrogens with one attached hydrogen (secondary N) is 1. The van der Waals surface area contributed by atoms with Gasteiger partial charge in [-0.15, -0.1) is 0 Å². The average molecular weight is 273 g/mol. The first-order valence-electron chi connectivity index (χ1n) is 7.47. The smallest absolute Gasteiger partial charge is 0.123 e. The van der Waals surface area contributed by atoms with Gasteiger partial charge in [-0.05, 0) is 32.4 Å². The molecule has 2 nitrogen and oxygen atoms in total. The van der Waals surface area contributed by atoms with E-state index in [2.05, 4.69) is 31.0 Å². The van der Waals surface area contributed by atoms with Crippen molar-refractivity contribution in [3.05, 3.63) is 54.1 Å². The summed E-state index contributed by atoms with van der Waals surface area (Å²) >= 11 is 0. The third-order valence-electron chi connectivity index (χ3n) is 3.16. The zero-order valence-corrected chi connectivity index (χ0v) is 12.8. The van der Waals surface area contributed by atoms with Crippen molar-refractivity contribution in [2.45, 2.75) is 39.2 Å². The Morgan fingerprint density at radius 2 is 2.10 bits per heavy atom. The molecule has 1 aromatic rings. The maximum atomic E-state index is 5.90. The van der Waals surface area contributed by atoms with E-state index in [9.17, 15) is 0 Å². The van der Waals surface area contributed by atoms with E-state index in [0.717, 1.165) is 38.2 Å². The van der Waals surface area contributed by atoms with Crippen molar-refractivity contribution in [3.63, 3.8) is 0 Å². The SMILES string of the molecule is C=C/C=C(\CCC)CCCOc1ccccc1CNC. The van der Waals surface area contributed by atoms with Crippen molar-refractivity contribution in [1.29, 1.82) is 0 Å². The van der Waals surface area contributed by atoms with Gasteiger partial charge in [0.2, 0.25) is 0 Å². The average Bonchev–Trinajstić information content (AvgIpc) is 2.46. The van der Waals surface area contributed by atoms with E-state index in [1.807, 2.05) is 31.3 Å². The highest BCUT2D eigenvalue weighted by Gasteiger charge is 2.02. The lowest BCUT2D eigenvalue weighted by atomic mass is 10.1. The molecule has 0 atom stereocenters. The van der Waals surface area contributed by atoms with Crippen LogP contribution in [0.4, 0.5) is 0 Å². The summed E-state index contributed by atoms with van der Waals surface area (Å²) in [7, 11) is 1.95. The molecule has 1 aromatic carbocycles. The Morgan fingerprint density at radius 3 is 2.80 bits per heavy atom. The van der Waals surface area contributed by atoms with Gasteiger partial charge in [0.25, 0.3) is 0 Å². The molecule has 0 saturated heterocycles. The van der Waals surface area contributed by atoms with Crippen LogP contribution in [0.25, 0.3) is 0 Å². The summed E-state index contributed by atoms with van der Waals surface area (Å²) in [5.41, 5.74) is 2.68. The number of ether oxygens (including phenoxy) is 1. The highest BCUT2D eigenvalue weighted by atomic mass is 16.5. The Hall–Kier alpha value is -1.54. The van der Waals surface area contributed by atoms with Crippen LogP contribution in [-0.2, 0) is 6.54 Å². The molecule has 1 rings (SSSR count). The molecule has 0 heterocycles. The van der Waals surface area contributed by atoms with Crippen LogP contribution < -0.4 is 10.1 Å². The molecule has 1 N–H and O–H groups in total. The fourth-order valence-corrected chi connectivity index (χ4v) is 2.24. The third kappa shape index (κ3) is 6.07. The molecule has 0 radical (unpaired) electrons. The minimum absolute atomic E-state index is 0.763.